The molecule has 2 rings (SSSR count). The van der Waals surface area contributed by atoms with Gasteiger partial charge in [0.25, 0.3) is 0 Å². The maximum absolute atomic E-state index is 12.5. The predicted octanol–water partition coefficient (Wildman–Crippen LogP) is 4.10. The normalized spacial score (nSPS) is 27.4. The average Bonchev–Trinajstić information content (AvgIpc) is 2.53. The highest BCUT2D eigenvalue weighted by Gasteiger charge is 2.43. The molecule has 1 aromatic carbocycles. The van der Waals surface area contributed by atoms with Gasteiger partial charge in [0, 0.05) is 0 Å². The van der Waals surface area contributed by atoms with Crippen molar-refractivity contribution in [1.29, 1.82) is 0 Å². The van der Waals surface area contributed by atoms with E-state index in [0.717, 1.165) is 18.6 Å². The number of aliphatic hydroxyl groups is 1. The third-order valence-corrected chi connectivity index (χ3v) is 3.74. The number of halogens is 3. The zero-order valence-corrected chi connectivity index (χ0v) is 10.5. The molecule has 18 heavy (non-hydrogen) atoms. The van der Waals surface area contributed by atoms with Crippen molar-refractivity contribution in [3.05, 3.63) is 35.4 Å². The van der Waals surface area contributed by atoms with Gasteiger partial charge in [0.2, 0.25) is 0 Å². The Labute approximate surface area is 105 Å². The van der Waals surface area contributed by atoms with Crippen LogP contribution >= 0.6 is 0 Å². The van der Waals surface area contributed by atoms with Gasteiger partial charge in [0.1, 0.15) is 0 Å². The fourth-order valence-electron chi connectivity index (χ4n) is 2.73. The van der Waals surface area contributed by atoms with E-state index < -0.39 is 17.3 Å². The SMILES string of the molecule is CC1(C)CCC(O)(c2ccc(C(F)(F)F)cc2)C1. The van der Waals surface area contributed by atoms with E-state index in [2.05, 4.69) is 13.8 Å². The van der Waals surface area contributed by atoms with Crippen LogP contribution in [0.3, 0.4) is 0 Å². The molecule has 0 bridgehead atoms. The van der Waals surface area contributed by atoms with Gasteiger partial charge >= 0.3 is 6.18 Å². The van der Waals surface area contributed by atoms with Crippen molar-refractivity contribution in [3.8, 4) is 0 Å². The number of hydrogen-bond donors (Lipinski definition) is 1. The summed E-state index contributed by atoms with van der Waals surface area (Å²) < 4.78 is 37.4. The summed E-state index contributed by atoms with van der Waals surface area (Å²) in [4.78, 5) is 0. The van der Waals surface area contributed by atoms with Crippen LogP contribution in [0.15, 0.2) is 24.3 Å². The summed E-state index contributed by atoms with van der Waals surface area (Å²) in [5.41, 5.74) is -1.03. The molecule has 1 fully saturated rings. The minimum atomic E-state index is -4.32. The van der Waals surface area contributed by atoms with Crippen molar-refractivity contribution < 1.29 is 18.3 Å². The van der Waals surface area contributed by atoms with Crippen LogP contribution in [0.2, 0.25) is 0 Å². The topological polar surface area (TPSA) is 20.2 Å². The summed E-state index contributed by atoms with van der Waals surface area (Å²) in [6, 6.07) is 4.87. The van der Waals surface area contributed by atoms with Crippen molar-refractivity contribution in [2.24, 2.45) is 5.41 Å². The first-order valence-electron chi connectivity index (χ1n) is 6.03. The molecule has 0 spiro atoms. The van der Waals surface area contributed by atoms with Gasteiger partial charge < -0.3 is 5.11 Å². The third kappa shape index (κ3) is 2.53. The van der Waals surface area contributed by atoms with Gasteiger partial charge in [0.05, 0.1) is 11.2 Å². The molecular weight excluding hydrogens is 241 g/mol. The summed E-state index contributed by atoms with van der Waals surface area (Å²) in [6.07, 6.45) is -2.25. The molecule has 0 aliphatic heterocycles. The molecule has 0 heterocycles. The molecule has 1 saturated carbocycles. The van der Waals surface area contributed by atoms with Crippen LogP contribution in [0.5, 0.6) is 0 Å². The van der Waals surface area contributed by atoms with E-state index in [4.69, 9.17) is 0 Å². The predicted molar refractivity (Wildman–Crippen MR) is 63.0 cm³/mol. The molecule has 0 amide bonds. The Morgan fingerprint density at radius 3 is 2.00 bits per heavy atom. The molecule has 1 atom stereocenters. The van der Waals surface area contributed by atoms with Gasteiger partial charge in [-0.3, -0.25) is 0 Å². The van der Waals surface area contributed by atoms with Crippen LogP contribution in [-0.4, -0.2) is 5.11 Å². The molecule has 4 heteroatoms. The number of alkyl halides is 3. The fourth-order valence-corrected chi connectivity index (χ4v) is 2.73. The smallest absolute Gasteiger partial charge is 0.385 e. The zero-order valence-electron chi connectivity index (χ0n) is 10.5. The highest BCUT2D eigenvalue weighted by Crippen LogP contribution is 2.49. The Balaban J connectivity index is 2.26. The Bertz CT molecular complexity index is 433. The highest BCUT2D eigenvalue weighted by atomic mass is 19.4. The molecule has 1 aromatic rings. The second-order valence-electron chi connectivity index (χ2n) is 5.95. The Morgan fingerprint density at radius 1 is 1.06 bits per heavy atom. The fraction of sp³-hybridized carbons (Fsp3) is 0.571. The van der Waals surface area contributed by atoms with Gasteiger partial charge in [-0.2, -0.15) is 13.2 Å². The number of hydrogen-bond acceptors (Lipinski definition) is 1. The maximum atomic E-state index is 12.5. The van der Waals surface area contributed by atoms with E-state index >= 15 is 0 Å². The van der Waals surface area contributed by atoms with Crippen LogP contribution in [0.1, 0.15) is 44.2 Å². The number of rotatable bonds is 1. The van der Waals surface area contributed by atoms with Crippen LogP contribution in [0.4, 0.5) is 13.2 Å². The molecule has 0 saturated heterocycles. The lowest BCUT2D eigenvalue weighted by atomic mass is 9.85. The van der Waals surface area contributed by atoms with Crippen LogP contribution < -0.4 is 0 Å². The molecule has 1 nitrogen and oxygen atoms in total. The second kappa shape index (κ2) is 3.98. The first kappa shape index (κ1) is 13.4. The van der Waals surface area contributed by atoms with E-state index in [1.54, 1.807) is 0 Å². The van der Waals surface area contributed by atoms with Crippen molar-refractivity contribution in [2.45, 2.75) is 44.9 Å². The molecule has 100 valence electrons. The summed E-state index contributed by atoms with van der Waals surface area (Å²) >= 11 is 0. The van der Waals surface area contributed by atoms with E-state index in [0.29, 0.717) is 18.4 Å². The Morgan fingerprint density at radius 2 is 1.61 bits per heavy atom. The lowest BCUT2D eigenvalue weighted by Crippen LogP contribution is -2.23. The summed E-state index contributed by atoms with van der Waals surface area (Å²) in [7, 11) is 0. The van der Waals surface area contributed by atoms with Crippen molar-refractivity contribution in [2.75, 3.05) is 0 Å². The monoisotopic (exact) mass is 258 g/mol. The van der Waals surface area contributed by atoms with Gasteiger partial charge in [-0.25, -0.2) is 0 Å². The zero-order chi connectivity index (χ0) is 13.6. The first-order valence-corrected chi connectivity index (χ1v) is 6.03. The molecular formula is C14H17F3O. The number of benzene rings is 1. The van der Waals surface area contributed by atoms with E-state index in [1.165, 1.54) is 12.1 Å². The van der Waals surface area contributed by atoms with Crippen molar-refractivity contribution in [3.63, 3.8) is 0 Å². The average molecular weight is 258 g/mol. The maximum Gasteiger partial charge on any atom is 0.416 e. The molecule has 1 N–H and O–H groups in total. The summed E-state index contributed by atoms with van der Waals surface area (Å²) in [6.45, 7) is 4.13. The van der Waals surface area contributed by atoms with E-state index in [-0.39, 0.29) is 5.41 Å². The standard InChI is InChI=1S/C14H17F3O/c1-12(2)7-8-13(18,9-12)10-3-5-11(6-4-10)14(15,16)17/h3-6,18H,7-9H2,1-2H3. The van der Waals surface area contributed by atoms with Gasteiger partial charge in [-0.1, -0.05) is 26.0 Å². The molecule has 1 aliphatic rings. The summed E-state index contributed by atoms with van der Waals surface area (Å²) in [5.74, 6) is 0. The lowest BCUT2D eigenvalue weighted by molar-refractivity contribution is -0.137. The minimum absolute atomic E-state index is 0.0391. The molecule has 0 aromatic heterocycles. The van der Waals surface area contributed by atoms with E-state index in [9.17, 15) is 18.3 Å². The molecule has 1 unspecified atom stereocenters. The van der Waals surface area contributed by atoms with Crippen LogP contribution in [0, 0.1) is 5.41 Å². The molecule has 1 aliphatic carbocycles. The van der Waals surface area contributed by atoms with E-state index in [1.807, 2.05) is 0 Å². The second-order valence-corrected chi connectivity index (χ2v) is 5.95. The minimum Gasteiger partial charge on any atom is -0.385 e. The first-order chi connectivity index (χ1) is 8.12. The third-order valence-electron chi connectivity index (χ3n) is 3.74. The van der Waals surface area contributed by atoms with Crippen LogP contribution in [0.25, 0.3) is 0 Å². The lowest BCUT2D eigenvalue weighted by Gasteiger charge is -2.26. The molecule has 0 radical (unpaired) electrons. The summed E-state index contributed by atoms with van der Waals surface area (Å²) in [5, 5.41) is 10.5. The van der Waals surface area contributed by atoms with Crippen molar-refractivity contribution >= 4 is 0 Å². The van der Waals surface area contributed by atoms with Crippen LogP contribution in [-0.2, 0) is 11.8 Å². The Kier molecular flexibility index (Phi) is 2.97. The van der Waals surface area contributed by atoms with Gasteiger partial charge in [0.15, 0.2) is 0 Å². The van der Waals surface area contributed by atoms with Gasteiger partial charge in [-0.05, 0) is 42.4 Å². The largest absolute Gasteiger partial charge is 0.416 e. The Hall–Kier alpha value is -1.03. The van der Waals surface area contributed by atoms with Gasteiger partial charge in [-0.15, -0.1) is 0 Å². The van der Waals surface area contributed by atoms with Crippen molar-refractivity contribution in [1.82, 2.24) is 0 Å². The highest BCUT2D eigenvalue weighted by molar-refractivity contribution is 5.30. The quantitative estimate of drug-likeness (QED) is 0.804.